The van der Waals surface area contributed by atoms with Crippen molar-refractivity contribution in [2.75, 3.05) is 21.3 Å². The second-order valence-corrected chi connectivity index (χ2v) is 12.0. The molecule has 1 aromatic carbocycles. The second-order valence-electron chi connectivity index (χ2n) is 12.0. The minimum Gasteiger partial charge on any atom is -0.493 e. The molecule has 0 aromatic heterocycles. The monoisotopic (exact) mass is 466 g/mol. The van der Waals surface area contributed by atoms with Crippen LogP contribution in [0.3, 0.4) is 0 Å². The molecule has 4 fully saturated rings. The van der Waals surface area contributed by atoms with Crippen molar-refractivity contribution in [1.29, 1.82) is 0 Å². The molecule has 0 saturated heterocycles. The van der Waals surface area contributed by atoms with Gasteiger partial charge in [0.25, 0.3) is 0 Å². The van der Waals surface area contributed by atoms with Gasteiger partial charge < -0.3 is 19.3 Å². The molecule has 0 aliphatic heterocycles. The van der Waals surface area contributed by atoms with Gasteiger partial charge in [-0.3, -0.25) is 0 Å². The number of hydrogen-bond donors (Lipinski definition) is 1. The Hall–Kier alpha value is -1.70. The van der Waals surface area contributed by atoms with Gasteiger partial charge in [0.2, 0.25) is 0 Å². The fourth-order valence-corrected chi connectivity index (χ4v) is 8.88. The maximum Gasteiger partial charge on any atom is 0.161 e. The minimum atomic E-state index is -0.333. The number of rotatable bonds is 3. The van der Waals surface area contributed by atoms with Crippen LogP contribution in [-0.2, 0) is 4.74 Å². The lowest BCUT2D eigenvalue weighted by molar-refractivity contribution is -0.144. The molecule has 5 rings (SSSR count). The fraction of sp³-hybridized carbons (Fsp3) is 0.733. The molecule has 0 bridgehead atoms. The van der Waals surface area contributed by atoms with Gasteiger partial charge in [-0.2, -0.15) is 0 Å². The van der Waals surface area contributed by atoms with E-state index in [0.717, 1.165) is 36.2 Å². The van der Waals surface area contributed by atoms with Gasteiger partial charge in [-0.05, 0) is 104 Å². The van der Waals surface area contributed by atoms with E-state index in [-0.39, 0.29) is 17.4 Å². The van der Waals surface area contributed by atoms with Crippen LogP contribution >= 0.6 is 0 Å². The third-order valence-corrected chi connectivity index (χ3v) is 10.7. The van der Waals surface area contributed by atoms with E-state index in [1.54, 1.807) is 14.2 Å². The maximum atomic E-state index is 11.1. The zero-order valence-corrected chi connectivity index (χ0v) is 21.6. The summed E-state index contributed by atoms with van der Waals surface area (Å²) < 4.78 is 16.8. The van der Waals surface area contributed by atoms with E-state index in [4.69, 9.17) is 14.2 Å². The minimum absolute atomic E-state index is 0.0247. The van der Waals surface area contributed by atoms with Crippen molar-refractivity contribution in [3.63, 3.8) is 0 Å². The lowest BCUT2D eigenvalue weighted by Crippen LogP contribution is -2.56. The van der Waals surface area contributed by atoms with Gasteiger partial charge in [0, 0.05) is 18.6 Å². The van der Waals surface area contributed by atoms with E-state index in [2.05, 4.69) is 25.7 Å². The van der Waals surface area contributed by atoms with Crippen LogP contribution in [0.15, 0.2) is 18.2 Å². The highest BCUT2D eigenvalue weighted by molar-refractivity contribution is 5.48. The summed E-state index contributed by atoms with van der Waals surface area (Å²) in [6.07, 6.45) is 9.72. The van der Waals surface area contributed by atoms with E-state index >= 15 is 0 Å². The standard InChI is InChI=1S/C30H42O4/c1-29-15-14-24-22(23(29)11-13-28(29)34-5)10-9-21-17-25(31)20(18-30(21,24)2)8-6-19-7-12-26(32-3)27(16-19)33-4/h7,12,16,20-25,28,31H,9-11,13-15,17-18H2,1-5H3/t20?,21-,22+,23+,24+,25-,28+,29+,30+/m1/s1. The van der Waals surface area contributed by atoms with Gasteiger partial charge in [0.05, 0.1) is 26.4 Å². The average Bonchev–Trinajstić information content (AvgIpc) is 3.19. The Labute approximate surface area is 205 Å². The Morgan fingerprint density at radius 1 is 0.912 bits per heavy atom. The van der Waals surface area contributed by atoms with Crippen molar-refractivity contribution in [3.8, 4) is 23.3 Å². The summed E-state index contributed by atoms with van der Waals surface area (Å²) in [5.41, 5.74) is 1.52. The van der Waals surface area contributed by atoms with Crippen LogP contribution in [0.2, 0.25) is 0 Å². The zero-order chi connectivity index (χ0) is 24.1. The zero-order valence-electron chi connectivity index (χ0n) is 21.6. The molecule has 0 radical (unpaired) electrons. The SMILES string of the molecule is COc1ccc(C#CC2C[C@@]3(C)[C@H](CC[C@@H]4[C@@H]3CC[C@]3(C)[C@@H](OC)CC[C@@H]43)C[C@H]2O)cc1OC. The summed E-state index contributed by atoms with van der Waals surface area (Å²) in [7, 11) is 5.20. The first-order chi connectivity index (χ1) is 16.3. The molecule has 4 aliphatic rings. The number of fused-ring (bicyclic) bond motifs is 5. The van der Waals surface area contributed by atoms with Crippen LogP contribution in [0, 0.1) is 52.3 Å². The molecular formula is C30H42O4. The van der Waals surface area contributed by atoms with Gasteiger partial charge in [-0.25, -0.2) is 0 Å². The Morgan fingerprint density at radius 2 is 1.68 bits per heavy atom. The van der Waals surface area contributed by atoms with Crippen LogP contribution in [0.4, 0.5) is 0 Å². The van der Waals surface area contributed by atoms with E-state index in [0.29, 0.717) is 28.9 Å². The smallest absolute Gasteiger partial charge is 0.161 e. The molecular weight excluding hydrogens is 424 g/mol. The van der Waals surface area contributed by atoms with Crippen molar-refractivity contribution in [2.45, 2.75) is 77.4 Å². The predicted octanol–water partition coefficient (Wildman–Crippen LogP) is 5.70. The number of benzene rings is 1. The molecule has 186 valence electrons. The first kappa shape index (κ1) is 24.0. The van der Waals surface area contributed by atoms with Gasteiger partial charge in [0.15, 0.2) is 11.5 Å². The molecule has 4 heteroatoms. The summed E-state index contributed by atoms with van der Waals surface area (Å²) in [5.74, 6) is 11.2. The van der Waals surface area contributed by atoms with Crippen LogP contribution in [0.5, 0.6) is 11.5 Å². The van der Waals surface area contributed by atoms with Gasteiger partial charge in [-0.15, -0.1) is 0 Å². The molecule has 1 N–H and O–H groups in total. The predicted molar refractivity (Wildman–Crippen MR) is 134 cm³/mol. The first-order valence-electron chi connectivity index (χ1n) is 13.3. The quantitative estimate of drug-likeness (QED) is 0.581. The first-order valence-corrected chi connectivity index (χ1v) is 13.3. The third-order valence-electron chi connectivity index (χ3n) is 10.7. The van der Waals surface area contributed by atoms with Gasteiger partial charge in [-0.1, -0.05) is 25.7 Å². The fourth-order valence-electron chi connectivity index (χ4n) is 8.88. The van der Waals surface area contributed by atoms with E-state index in [1.807, 2.05) is 25.3 Å². The molecule has 9 atom stereocenters. The average molecular weight is 467 g/mol. The molecule has 0 spiro atoms. The molecule has 34 heavy (non-hydrogen) atoms. The van der Waals surface area contributed by atoms with E-state index < -0.39 is 0 Å². The lowest BCUT2D eigenvalue weighted by Gasteiger charge is -2.61. The molecule has 4 aliphatic carbocycles. The highest BCUT2D eigenvalue weighted by Crippen LogP contribution is 2.66. The Bertz CT molecular complexity index is 962. The molecule has 1 aromatic rings. The number of aliphatic hydroxyl groups excluding tert-OH is 1. The highest BCUT2D eigenvalue weighted by Gasteiger charge is 2.61. The van der Waals surface area contributed by atoms with Crippen LogP contribution in [0.25, 0.3) is 0 Å². The van der Waals surface area contributed by atoms with Crippen molar-refractivity contribution >= 4 is 0 Å². The summed E-state index contributed by atoms with van der Waals surface area (Å²) in [4.78, 5) is 0. The summed E-state index contributed by atoms with van der Waals surface area (Å²) >= 11 is 0. The third kappa shape index (κ3) is 3.75. The van der Waals surface area contributed by atoms with Crippen molar-refractivity contribution in [3.05, 3.63) is 23.8 Å². The van der Waals surface area contributed by atoms with Crippen LogP contribution < -0.4 is 9.47 Å². The molecule has 0 heterocycles. The molecule has 4 saturated carbocycles. The number of methoxy groups -OCH3 is 3. The number of hydrogen-bond acceptors (Lipinski definition) is 4. The lowest BCUT2D eigenvalue weighted by atomic mass is 9.44. The van der Waals surface area contributed by atoms with Crippen molar-refractivity contribution in [2.24, 2.45) is 40.4 Å². The van der Waals surface area contributed by atoms with Crippen molar-refractivity contribution < 1.29 is 19.3 Å². The van der Waals surface area contributed by atoms with E-state index in [9.17, 15) is 5.11 Å². The maximum absolute atomic E-state index is 11.1. The normalized spacial score (nSPS) is 43.1. The van der Waals surface area contributed by atoms with Gasteiger partial charge in [0.1, 0.15) is 0 Å². The molecule has 4 nitrogen and oxygen atoms in total. The summed E-state index contributed by atoms with van der Waals surface area (Å²) in [6.45, 7) is 5.04. The highest BCUT2D eigenvalue weighted by atomic mass is 16.5. The second kappa shape index (κ2) is 9.07. The summed E-state index contributed by atoms with van der Waals surface area (Å²) in [5, 5.41) is 11.1. The Kier molecular flexibility index (Phi) is 6.40. The molecule has 1 unspecified atom stereocenters. The van der Waals surface area contributed by atoms with Gasteiger partial charge >= 0.3 is 0 Å². The van der Waals surface area contributed by atoms with Crippen molar-refractivity contribution in [1.82, 2.24) is 0 Å². The summed E-state index contributed by atoms with van der Waals surface area (Å²) in [6, 6.07) is 5.80. The number of aliphatic hydroxyl groups is 1. The Morgan fingerprint density at radius 3 is 2.41 bits per heavy atom. The van der Waals surface area contributed by atoms with E-state index in [1.165, 1.54) is 38.5 Å². The Balaban J connectivity index is 1.38. The largest absolute Gasteiger partial charge is 0.493 e. The number of ether oxygens (including phenoxy) is 3. The topological polar surface area (TPSA) is 47.9 Å². The molecule has 0 amide bonds. The van der Waals surface area contributed by atoms with Crippen LogP contribution in [-0.4, -0.2) is 38.6 Å². The van der Waals surface area contributed by atoms with Crippen LogP contribution in [0.1, 0.15) is 70.8 Å².